The Hall–Kier alpha value is -4.36. The van der Waals surface area contributed by atoms with Gasteiger partial charge in [0.2, 0.25) is 0 Å². The minimum Gasteiger partial charge on any atom is -0.338 e. The number of carbonyl (C=O) groups excluding carboxylic acids is 1. The van der Waals surface area contributed by atoms with Gasteiger partial charge in [0.15, 0.2) is 0 Å². The van der Waals surface area contributed by atoms with Crippen LogP contribution in [0.4, 0.5) is 13.2 Å². The first-order chi connectivity index (χ1) is 18.3. The van der Waals surface area contributed by atoms with E-state index >= 15 is 0 Å². The van der Waals surface area contributed by atoms with Gasteiger partial charge in [0.05, 0.1) is 32.6 Å². The van der Waals surface area contributed by atoms with Crippen LogP contribution < -0.4 is 16.0 Å². The monoisotopic (exact) mass is 576 g/mol. The van der Waals surface area contributed by atoms with Crippen molar-refractivity contribution in [3.63, 3.8) is 0 Å². The van der Waals surface area contributed by atoms with Gasteiger partial charge in [-0.05, 0) is 54.6 Å². The highest BCUT2D eigenvalue weighted by molar-refractivity contribution is 7.90. The van der Waals surface area contributed by atoms with Crippen molar-refractivity contribution >= 4 is 49.3 Å². The van der Waals surface area contributed by atoms with Gasteiger partial charge in [0.1, 0.15) is 5.69 Å². The summed E-state index contributed by atoms with van der Waals surface area (Å²) in [6, 6.07) is 13.2. The highest BCUT2D eigenvalue weighted by Gasteiger charge is 2.32. The molecular formula is C25H16ClF3N4O5S. The molecule has 0 atom stereocenters. The number of fused-ring (bicyclic) bond motifs is 2. The molecule has 0 radical (unpaired) electrons. The van der Waals surface area contributed by atoms with Crippen LogP contribution in [0.25, 0.3) is 27.5 Å². The number of aryl methyl sites for hydroxylation is 1. The molecule has 0 fully saturated rings. The van der Waals surface area contributed by atoms with Crippen molar-refractivity contribution < 1.29 is 26.4 Å². The number of nitrogens with zero attached hydrogens (tertiary/aromatic N) is 2. The maximum atomic E-state index is 13.5. The second-order valence-corrected chi connectivity index (χ2v) is 10.6. The molecule has 200 valence electrons. The van der Waals surface area contributed by atoms with E-state index < -0.39 is 43.8 Å². The van der Waals surface area contributed by atoms with E-state index in [0.29, 0.717) is 34.3 Å². The number of sulfonamides is 1. The first kappa shape index (κ1) is 26.3. The number of carbonyl (C=O) groups is 1. The Labute approximate surface area is 222 Å². The molecule has 0 bridgehead atoms. The van der Waals surface area contributed by atoms with Gasteiger partial charge < -0.3 is 9.55 Å². The zero-order valence-electron chi connectivity index (χ0n) is 19.7. The zero-order valence-corrected chi connectivity index (χ0v) is 21.3. The van der Waals surface area contributed by atoms with Gasteiger partial charge in [-0.3, -0.25) is 9.59 Å². The highest BCUT2D eigenvalue weighted by Crippen LogP contribution is 2.32. The van der Waals surface area contributed by atoms with Crippen LogP contribution in [0, 0.1) is 0 Å². The number of halogens is 4. The van der Waals surface area contributed by atoms with E-state index in [4.69, 9.17) is 11.6 Å². The zero-order chi connectivity index (χ0) is 28.3. The molecule has 5 aromatic rings. The van der Waals surface area contributed by atoms with Crippen LogP contribution in [0.1, 0.15) is 16.1 Å². The third kappa shape index (κ3) is 4.49. The van der Waals surface area contributed by atoms with Gasteiger partial charge in [-0.15, -0.1) is 0 Å². The van der Waals surface area contributed by atoms with Gasteiger partial charge in [-0.25, -0.2) is 22.5 Å². The average molecular weight is 577 g/mol. The lowest BCUT2D eigenvalue weighted by atomic mass is 10.2. The van der Waals surface area contributed by atoms with Crippen molar-refractivity contribution in [2.24, 2.45) is 7.05 Å². The number of nitrogens with one attached hydrogen (secondary N) is 2. The molecule has 39 heavy (non-hydrogen) atoms. The summed E-state index contributed by atoms with van der Waals surface area (Å²) in [5, 5.41) is 0.536. The SMILES string of the molecule is Cn1c(C(=O)NS(=O)(=O)c2ccc(C(F)(F)F)cc2)c(-n2c(=O)[nH]c3ccccc3c2=O)c2cc(Cl)ccc21. The standard InChI is InChI=1S/C25H16ClF3N4O5S/c1-32-19-11-8-14(26)12-17(19)20(33-23(35)16-4-2-3-5-18(16)30-24(33)36)21(32)22(34)31-39(37,38)15-9-6-13(7-10-15)25(27,28)29/h2-12H,1H3,(H,30,36)(H,31,34). The van der Waals surface area contributed by atoms with Crippen LogP contribution >= 0.6 is 11.6 Å². The Morgan fingerprint density at radius 3 is 2.31 bits per heavy atom. The van der Waals surface area contributed by atoms with Crippen LogP contribution in [-0.2, 0) is 23.2 Å². The summed E-state index contributed by atoms with van der Waals surface area (Å²) in [4.78, 5) is 42.0. The summed E-state index contributed by atoms with van der Waals surface area (Å²) in [5.74, 6) is -1.24. The second-order valence-electron chi connectivity index (χ2n) is 8.49. The van der Waals surface area contributed by atoms with E-state index in [2.05, 4.69) is 4.98 Å². The number of para-hydroxylation sites is 1. The van der Waals surface area contributed by atoms with E-state index in [1.54, 1.807) is 12.1 Å². The molecule has 0 unspecified atom stereocenters. The quantitative estimate of drug-likeness (QED) is 0.335. The minimum atomic E-state index is -4.69. The predicted octanol–water partition coefficient (Wildman–Crippen LogP) is 3.96. The first-order valence-electron chi connectivity index (χ1n) is 11.1. The number of rotatable bonds is 4. The third-order valence-electron chi connectivity index (χ3n) is 6.10. The van der Waals surface area contributed by atoms with E-state index in [9.17, 15) is 36.0 Å². The van der Waals surface area contributed by atoms with Crippen LogP contribution in [0.2, 0.25) is 5.02 Å². The lowest BCUT2D eigenvalue weighted by molar-refractivity contribution is -0.137. The molecule has 5 rings (SSSR count). The number of hydrogen-bond donors (Lipinski definition) is 2. The lowest BCUT2D eigenvalue weighted by Gasteiger charge is -2.12. The van der Waals surface area contributed by atoms with E-state index in [1.807, 2.05) is 4.72 Å². The Morgan fingerprint density at radius 2 is 1.64 bits per heavy atom. The molecule has 2 N–H and O–H groups in total. The van der Waals surface area contributed by atoms with Crippen molar-refractivity contribution in [2.75, 3.05) is 0 Å². The molecule has 0 saturated carbocycles. The number of alkyl halides is 3. The Morgan fingerprint density at radius 1 is 0.974 bits per heavy atom. The smallest absolute Gasteiger partial charge is 0.338 e. The molecule has 3 aromatic carbocycles. The van der Waals surface area contributed by atoms with E-state index in [0.717, 1.165) is 0 Å². The molecule has 0 saturated heterocycles. The normalized spacial score (nSPS) is 12.2. The molecule has 1 amide bonds. The minimum absolute atomic E-state index is 0.125. The fraction of sp³-hybridized carbons (Fsp3) is 0.0800. The van der Waals surface area contributed by atoms with Crippen molar-refractivity contribution in [2.45, 2.75) is 11.1 Å². The first-order valence-corrected chi connectivity index (χ1v) is 12.9. The average Bonchev–Trinajstić information content (AvgIpc) is 3.14. The summed E-state index contributed by atoms with van der Waals surface area (Å²) in [5.41, 5.74) is -2.77. The predicted molar refractivity (Wildman–Crippen MR) is 138 cm³/mol. The maximum Gasteiger partial charge on any atom is 0.416 e. The fourth-order valence-electron chi connectivity index (χ4n) is 4.30. The Bertz CT molecular complexity index is 2030. The number of amides is 1. The van der Waals surface area contributed by atoms with Gasteiger partial charge in [-0.2, -0.15) is 13.2 Å². The molecule has 2 heterocycles. The summed E-state index contributed by atoms with van der Waals surface area (Å²) in [6.07, 6.45) is -4.69. The summed E-state index contributed by atoms with van der Waals surface area (Å²) in [7, 11) is -3.25. The topological polar surface area (TPSA) is 123 Å². The van der Waals surface area contributed by atoms with Crippen LogP contribution in [0.3, 0.4) is 0 Å². The Balaban J connectivity index is 1.71. The van der Waals surface area contributed by atoms with Crippen molar-refractivity contribution in [1.29, 1.82) is 0 Å². The van der Waals surface area contributed by atoms with Crippen LogP contribution in [0.15, 0.2) is 81.2 Å². The number of aromatic nitrogens is 3. The van der Waals surface area contributed by atoms with Gasteiger partial charge in [-0.1, -0.05) is 23.7 Å². The number of H-pyrrole nitrogens is 1. The molecule has 0 aliphatic carbocycles. The lowest BCUT2D eigenvalue weighted by Crippen LogP contribution is -2.37. The summed E-state index contributed by atoms with van der Waals surface area (Å²) >= 11 is 6.17. The van der Waals surface area contributed by atoms with Crippen LogP contribution in [-0.4, -0.2) is 28.4 Å². The summed E-state index contributed by atoms with van der Waals surface area (Å²) < 4.78 is 68.4. The molecular weight excluding hydrogens is 561 g/mol. The van der Waals surface area contributed by atoms with E-state index in [1.165, 1.54) is 41.9 Å². The number of aromatic amines is 1. The van der Waals surface area contributed by atoms with Crippen molar-refractivity contribution in [3.05, 3.63) is 104 Å². The van der Waals surface area contributed by atoms with Gasteiger partial charge >= 0.3 is 11.9 Å². The van der Waals surface area contributed by atoms with Crippen LogP contribution in [0.5, 0.6) is 0 Å². The highest BCUT2D eigenvalue weighted by atomic mass is 35.5. The fourth-order valence-corrected chi connectivity index (χ4v) is 5.43. The maximum absolute atomic E-state index is 13.5. The van der Waals surface area contributed by atoms with Gasteiger partial charge in [0, 0.05) is 17.5 Å². The molecule has 2 aromatic heterocycles. The number of hydrogen-bond acceptors (Lipinski definition) is 5. The van der Waals surface area contributed by atoms with Crippen molar-refractivity contribution in [3.8, 4) is 5.69 Å². The van der Waals surface area contributed by atoms with E-state index in [-0.39, 0.29) is 32.7 Å². The molecule has 0 aliphatic heterocycles. The molecule has 9 nitrogen and oxygen atoms in total. The van der Waals surface area contributed by atoms with Crippen molar-refractivity contribution in [1.82, 2.24) is 18.8 Å². The number of benzene rings is 3. The molecule has 0 aliphatic rings. The third-order valence-corrected chi connectivity index (χ3v) is 7.68. The summed E-state index contributed by atoms with van der Waals surface area (Å²) in [6.45, 7) is 0. The largest absolute Gasteiger partial charge is 0.416 e. The molecule has 0 spiro atoms. The Kier molecular flexibility index (Phi) is 6.15. The second kappa shape index (κ2) is 9.13. The van der Waals surface area contributed by atoms with Gasteiger partial charge in [0.25, 0.3) is 21.5 Å². The molecule has 14 heteroatoms.